The number of nitrogens with one attached hydrogen (secondary N) is 2. The van der Waals surface area contributed by atoms with E-state index in [9.17, 15) is 9.59 Å². The molecule has 0 saturated heterocycles. The number of hydrogen-bond acceptors (Lipinski definition) is 3. The van der Waals surface area contributed by atoms with E-state index >= 15 is 0 Å². The SMILES string of the molecule is CN(C)C(=O)NCCn1c(=S)[nH]c2ccccc2c1=O. The number of para-hydroxylation sites is 1. The molecule has 2 N–H and O–H groups in total. The second-order valence-electron chi connectivity index (χ2n) is 4.56. The first-order valence-corrected chi connectivity index (χ1v) is 6.58. The van der Waals surface area contributed by atoms with Gasteiger partial charge in [0.1, 0.15) is 0 Å². The van der Waals surface area contributed by atoms with Crippen LogP contribution in [0, 0.1) is 4.77 Å². The first-order valence-electron chi connectivity index (χ1n) is 6.17. The Hall–Kier alpha value is -2.15. The van der Waals surface area contributed by atoms with Crippen LogP contribution in [0.5, 0.6) is 0 Å². The zero-order valence-corrected chi connectivity index (χ0v) is 12.2. The van der Waals surface area contributed by atoms with Gasteiger partial charge in [-0.2, -0.15) is 0 Å². The Kier molecular flexibility index (Phi) is 4.19. The number of carbonyl (C=O) groups excluding carboxylic acids is 1. The van der Waals surface area contributed by atoms with Crippen molar-refractivity contribution in [1.29, 1.82) is 0 Å². The molecule has 0 aliphatic heterocycles. The number of urea groups is 1. The van der Waals surface area contributed by atoms with Gasteiger partial charge in [0.25, 0.3) is 5.56 Å². The number of benzene rings is 1. The predicted octanol–water partition coefficient (Wildman–Crippen LogP) is 1.33. The summed E-state index contributed by atoms with van der Waals surface area (Å²) in [6, 6.07) is 7.00. The monoisotopic (exact) mass is 292 g/mol. The van der Waals surface area contributed by atoms with Crippen LogP contribution in [-0.4, -0.2) is 41.1 Å². The van der Waals surface area contributed by atoms with E-state index in [1.807, 2.05) is 12.1 Å². The fourth-order valence-electron chi connectivity index (χ4n) is 1.83. The number of rotatable bonds is 3. The summed E-state index contributed by atoms with van der Waals surface area (Å²) in [4.78, 5) is 28.2. The van der Waals surface area contributed by atoms with Crippen molar-refractivity contribution in [2.45, 2.75) is 6.54 Å². The van der Waals surface area contributed by atoms with Gasteiger partial charge < -0.3 is 15.2 Å². The molecule has 0 saturated carbocycles. The second-order valence-corrected chi connectivity index (χ2v) is 4.95. The van der Waals surface area contributed by atoms with Crippen molar-refractivity contribution in [2.75, 3.05) is 20.6 Å². The molecule has 0 bridgehead atoms. The van der Waals surface area contributed by atoms with Crippen molar-refractivity contribution in [3.63, 3.8) is 0 Å². The van der Waals surface area contributed by atoms with Gasteiger partial charge in [0, 0.05) is 27.2 Å². The molecule has 6 nitrogen and oxygen atoms in total. The van der Waals surface area contributed by atoms with E-state index in [0.29, 0.717) is 23.2 Å². The van der Waals surface area contributed by atoms with Gasteiger partial charge >= 0.3 is 6.03 Å². The smallest absolute Gasteiger partial charge is 0.316 e. The number of hydrogen-bond donors (Lipinski definition) is 2. The van der Waals surface area contributed by atoms with Gasteiger partial charge in [0.2, 0.25) is 0 Å². The van der Waals surface area contributed by atoms with Gasteiger partial charge in [-0.05, 0) is 24.4 Å². The zero-order chi connectivity index (χ0) is 14.7. The summed E-state index contributed by atoms with van der Waals surface area (Å²) < 4.78 is 1.81. The van der Waals surface area contributed by atoms with Crippen molar-refractivity contribution < 1.29 is 4.79 Å². The van der Waals surface area contributed by atoms with Crippen LogP contribution in [0.4, 0.5) is 4.79 Å². The van der Waals surface area contributed by atoms with Crippen LogP contribution in [0.25, 0.3) is 10.9 Å². The summed E-state index contributed by atoms with van der Waals surface area (Å²) >= 11 is 5.18. The van der Waals surface area contributed by atoms with E-state index in [0.717, 1.165) is 5.52 Å². The van der Waals surface area contributed by atoms with E-state index in [4.69, 9.17) is 12.2 Å². The highest BCUT2D eigenvalue weighted by atomic mass is 32.1. The minimum Gasteiger partial charge on any atom is -0.336 e. The number of nitrogens with zero attached hydrogens (tertiary/aromatic N) is 2. The van der Waals surface area contributed by atoms with Gasteiger partial charge in [0.15, 0.2) is 4.77 Å². The molecular formula is C13H16N4O2S. The Morgan fingerprint density at radius 2 is 2.10 bits per heavy atom. The van der Waals surface area contributed by atoms with E-state index in [-0.39, 0.29) is 11.6 Å². The fourth-order valence-corrected chi connectivity index (χ4v) is 2.12. The standard InChI is InChI=1S/C13H16N4O2S/c1-16(2)12(19)14-7-8-17-11(18)9-5-3-4-6-10(9)15-13(17)20/h3-6H,7-8H2,1-2H3,(H,14,19)(H,15,20). The van der Waals surface area contributed by atoms with Crippen molar-refractivity contribution in [2.24, 2.45) is 0 Å². The molecule has 7 heteroatoms. The van der Waals surface area contributed by atoms with Crippen molar-refractivity contribution >= 4 is 29.2 Å². The molecule has 0 aliphatic rings. The summed E-state index contributed by atoms with van der Waals surface area (Å²) in [7, 11) is 3.31. The summed E-state index contributed by atoms with van der Waals surface area (Å²) in [6.45, 7) is 0.672. The molecule has 0 unspecified atom stereocenters. The summed E-state index contributed by atoms with van der Waals surface area (Å²) in [5.41, 5.74) is 0.569. The lowest BCUT2D eigenvalue weighted by atomic mass is 10.2. The molecule has 1 aromatic heterocycles. The first kappa shape index (κ1) is 14.3. The van der Waals surface area contributed by atoms with Crippen LogP contribution in [0.15, 0.2) is 29.1 Å². The number of aromatic nitrogens is 2. The minimum absolute atomic E-state index is 0.150. The highest BCUT2D eigenvalue weighted by Crippen LogP contribution is 2.05. The Balaban J connectivity index is 2.25. The van der Waals surface area contributed by atoms with Gasteiger partial charge in [-0.25, -0.2) is 4.79 Å². The fraction of sp³-hybridized carbons (Fsp3) is 0.308. The molecule has 1 heterocycles. The predicted molar refractivity (Wildman–Crippen MR) is 80.5 cm³/mol. The molecule has 0 aliphatic carbocycles. The average Bonchev–Trinajstić information content (AvgIpc) is 2.42. The van der Waals surface area contributed by atoms with E-state index in [1.165, 1.54) is 9.47 Å². The van der Waals surface area contributed by atoms with Crippen LogP contribution >= 0.6 is 12.2 Å². The van der Waals surface area contributed by atoms with E-state index in [2.05, 4.69) is 10.3 Å². The summed E-state index contributed by atoms with van der Waals surface area (Å²) in [5.74, 6) is 0. The van der Waals surface area contributed by atoms with Crippen LogP contribution in [-0.2, 0) is 6.54 Å². The maximum absolute atomic E-state index is 12.3. The van der Waals surface area contributed by atoms with Gasteiger partial charge in [-0.15, -0.1) is 0 Å². The lowest BCUT2D eigenvalue weighted by Crippen LogP contribution is -2.37. The highest BCUT2D eigenvalue weighted by molar-refractivity contribution is 7.71. The molecule has 106 valence electrons. The molecule has 1 aromatic carbocycles. The topological polar surface area (TPSA) is 70.1 Å². The average molecular weight is 292 g/mol. The third kappa shape index (κ3) is 2.88. The number of H-pyrrole nitrogens is 1. The van der Waals surface area contributed by atoms with Crippen LogP contribution < -0.4 is 10.9 Å². The number of amides is 2. The van der Waals surface area contributed by atoms with Gasteiger partial charge in [-0.3, -0.25) is 9.36 Å². The maximum atomic E-state index is 12.3. The van der Waals surface area contributed by atoms with Gasteiger partial charge in [-0.1, -0.05) is 12.1 Å². The Morgan fingerprint density at radius 1 is 1.40 bits per heavy atom. The lowest BCUT2D eigenvalue weighted by Gasteiger charge is -2.13. The largest absolute Gasteiger partial charge is 0.336 e. The number of aromatic amines is 1. The van der Waals surface area contributed by atoms with Crippen molar-refractivity contribution in [3.8, 4) is 0 Å². The Labute approximate surface area is 121 Å². The summed E-state index contributed by atoms with van der Waals surface area (Å²) in [6.07, 6.45) is 0. The van der Waals surface area contributed by atoms with Gasteiger partial charge in [0.05, 0.1) is 10.9 Å². The third-order valence-electron chi connectivity index (χ3n) is 2.91. The normalized spacial score (nSPS) is 10.5. The number of fused-ring (bicyclic) bond motifs is 1. The zero-order valence-electron chi connectivity index (χ0n) is 11.3. The van der Waals surface area contributed by atoms with E-state index in [1.54, 1.807) is 26.2 Å². The number of carbonyl (C=O) groups is 1. The van der Waals surface area contributed by atoms with Crippen LogP contribution in [0.3, 0.4) is 0 Å². The lowest BCUT2D eigenvalue weighted by molar-refractivity contribution is 0.217. The summed E-state index contributed by atoms with van der Waals surface area (Å²) in [5, 5.41) is 3.28. The molecule has 0 spiro atoms. The molecule has 2 aromatic rings. The van der Waals surface area contributed by atoms with Crippen molar-refractivity contribution in [3.05, 3.63) is 39.4 Å². The van der Waals surface area contributed by atoms with E-state index < -0.39 is 0 Å². The second kappa shape index (κ2) is 5.87. The maximum Gasteiger partial charge on any atom is 0.316 e. The van der Waals surface area contributed by atoms with Crippen LogP contribution in [0.2, 0.25) is 0 Å². The molecule has 20 heavy (non-hydrogen) atoms. The van der Waals surface area contributed by atoms with Crippen molar-refractivity contribution in [1.82, 2.24) is 19.8 Å². The third-order valence-corrected chi connectivity index (χ3v) is 3.23. The van der Waals surface area contributed by atoms with Crippen LogP contribution in [0.1, 0.15) is 0 Å². The molecule has 2 amide bonds. The molecular weight excluding hydrogens is 276 g/mol. The molecule has 0 radical (unpaired) electrons. The minimum atomic E-state index is -0.200. The quantitative estimate of drug-likeness (QED) is 0.839. The molecule has 0 fully saturated rings. The molecule has 0 atom stereocenters. The Bertz CT molecular complexity index is 748. The highest BCUT2D eigenvalue weighted by Gasteiger charge is 2.06. The molecule has 2 rings (SSSR count). The first-order chi connectivity index (χ1) is 9.50. The Morgan fingerprint density at radius 3 is 2.80 bits per heavy atom.